The Labute approximate surface area is 79.1 Å². The molecule has 6 nitrogen and oxygen atoms in total. The number of aromatic nitrogens is 1. The number of primary amides is 1. The summed E-state index contributed by atoms with van der Waals surface area (Å²) < 4.78 is 5.00. The van der Waals surface area contributed by atoms with Gasteiger partial charge in [0.2, 0.25) is 11.8 Å². The molecule has 2 amide bonds. The Hall–Kier alpha value is -2.11. The first-order valence-corrected chi connectivity index (χ1v) is 3.89. The zero-order chi connectivity index (χ0) is 10.1. The standard InChI is InChI=1S/C8H7N3O3/c9-7(13)4-1-5-8(10-2-4)14-3-6(12)11-5/h1-2H,3H2,(H2,9,13)(H,11,12). The number of carbonyl (C=O) groups excluding carboxylic acids is 2. The fourth-order valence-electron chi connectivity index (χ4n) is 1.11. The minimum atomic E-state index is -0.597. The Morgan fingerprint density at radius 2 is 2.43 bits per heavy atom. The van der Waals surface area contributed by atoms with Crippen molar-refractivity contribution in [3.8, 4) is 5.88 Å². The third-order valence-corrected chi connectivity index (χ3v) is 1.75. The van der Waals surface area contributed by atoms with Crippen LogP contribution in [0.15, 0.2) is 12.3 Å². The van der Waals surface area contributed by atoms with Gasteiger partial charge in [-0.3, -0.25) is 9.59 Å². The Bertz CT molecular complexity index is 416. The molecule has 0 saturated carbocycles. The van der Waals surface area contributed by atoms with E-state index in [1.54, 1.807) is 0 Å². The molecular formula is C8H7N3O3. The van der Waals surface area contributed by atoms with Crippen LogP contribution in [0.4, 0.5) is 5.69 Å². The highest BCUT2D eigenvalue weighted by Crippen LogP contribution is 2.25. The van der Waals surface area contributed by atoms with Crippen molar-refractivity contribution in [3.05, 3.63) is 17.8 Å². The number of nitrogens with one attached hydrogen (secondary N) is 1. The fraction of sp³-hybridized carbons (Fsp3) is 0.125. The molecule has 1 aliphatic rings. The van der Waals surface area contributed by atoms with Gasteiger partial charge in [-0.05, 0) is 6.07 Å². The van der Waals surface area contributed by atoms with Crippen LogP contribution in [-0.2, 0) is 4.79 Å². The van der Waals surface area contributed by atoms with Gasteiger partial charge < -0.3 is 15.8 Å². The summed E-state index contributed by atoms with van der Waals surface area (Å²) >= 11 is 0. The highest BCUT2D eigenvalue weighted by atomic mass is 16.5. The van der Waals surface area contributed by atoms with Crippen LogP contribution in [0.2, 0.25) is 0 Å². The molecule has 0 saturated heterocycles. The maximum absolute atomic E-state index is 10.9. The molecule has 0 unspecified atom stereocenters. The number of fused-ring (bicyclic) bond motifs is 1. The van der Waals surface area contributed by atoms with E-state index in [9.17, 15) is 9.59 Å². The van der Waals surface area contributed by atoms with Crippen LogP contribution < -0.4 is 15.8 Å². The third-order valence-electron chi connectivity index (χ3n) is 1.75. The Kier molecular flexibility index (Phi) is 1.81. The quantitative estimate of drug-likeness (QED) is 0.629. The van der Waals surface area contributed by atoms with Crippen molar-refractivity contribution < 1.29 is 14.3 Å². The molecule has 6 heteroatoms. The minimum absolute atomic E-state index is 0.0596. The number of hydrogen-bond donors (Lipinski definition) is 2. The predicted molar refractivity (Wildman–Crippen MR) is 46.9 cm³/mol. The van der Waals surface area contributed by atoms with Crippen molar-refractivity contribution in [2.75, 3.05) is 11.9 Å². The topological polar surface area (TPSA) is 94.3 Å². The molecule has 14 heavy (non-hydrogen) atoms. The number of amides is 2. The maximum atomic E-state index is 10.9. The van der Waals surface area contributed by atoms with Crippen LogP contribution in [0.5, 0.6) is 5.88 Å². The van der Waals surface area contributed by atoms with Crippen molar-refractivity contribution in [2.24, 2.45) is 5.73 Å². The maximum Gasteiger partial charge on any atom is 0.262 e. The molecule has 0 aromatic carbocycles. The van der Waals surface area contributed by atoms with Crippen molar-refractivity contribution in [1.82, 2.24) is 4.98 Å². The van der Waals surface area contributed by atoms with Crippen molar-refractivity contribution in [3.63, 3.8) is 0 Å². The summed E-state index contributed by atoms with van der Waals surface area (Å²) in [6.07, 6.45) is 1.30. The van der Waals surface area contributed by atoms with E-state index in [0.29, 0.717) is 11.6 Å². The van der Waals surface area contributed by atoms with Gasteiger partial charge in [-0.1, -0.05) is 0 Å². The van der Waals surface area contributed by atoms with Crippen molar-refractivity contribution >= 4 is 17.5 Å². The normalized spacial score (nSPS) is 13.9. The molecule has 1 aliphatic heterocycles. The summed E-state index contributed by atoms with van der Waals surface area (Å²) in [5, 5.41) is 2.52. The molecule has 0 fully saturated rings. The van der Waals surface area contributed by atoms with E-state index in [0.717, 1.165) is 0 Å². The number of anilines is 1. The zero-order valence-corrected chi connectivity index (χ0v) is 7.11. The van der Waals surface area contributed by atoms with Crippen LogP contribution in [0.25, 0.3) is 0 Å². The van der Waals surface area contributed by atoms with Gasteiger partial charge in [0.1, 0.15) is 5.69 Å². The molecular weight excluding hydrogens is 186 g/mol. The Balaban J connectivity index is 2.42. The largest absolute Gasteiger partial charge is 0.466 e. The van der Waals surface area contributed by atoms with E-state index in [-0.39, 0.29) is 18.1 Å². The van der Waals surface area contributed by atoms with Gasteiger partial charge in [-0.15, -0.1) is 0 Å². The lowest BCUT2D eigenvalue weighted by atomic mass is 10.2. The molecule has 1 aromatic heterocycles. The summed E-state index contributed by atoms with van der Waals surface area (Å²) in [5.41, 5.74) is 5.65. The molecule has 0 radical (unpaired) electrons. The van der Waals surface area contributed by atoms with Gasteiger partial charge in [-0.2, -0.15) is 0 Å². The molecule has 0 aliphatic carbocycles. The van der Waals surface area contributed by atoms with E-state index in [1.165, 1.54) is 12.3 Å². The molecule has 2 rings (SSSR count). The number of carbonyl (C=O) groups is 2. The summed E-state index contributed by atoms with van der Waals surface area (Å²) in [6, 6.07) is 1.43. The van der Waals surface area contributed by atoms with Crippen molar-refractivity contribution in [2.45, 2.75) is 0 Å². The van der Waals surface area contributed by atoms with Crippen LogP contribution >= 0.6 is 0 Å². The number of ether oxygens (including phenoxy) is 1. The lowest BCUT2D eigenvalue weighted by Gasteiger charge is -2.16. The van der Waals surface area contributed by atoms with E-state index >= 15 is 0 Å². The minimum Gasteiger partial charge on any atom is -0.466 e. The first-order valence-electron chi connectivity index (χ1n) is 3.89. The second-order valence-electron chi connectivity index (χ2n) is 2.78. The summed E-state index contributed by atoms with van der Waals surface area (Å²) in [7, 11) is 0. The molecule has 0 bridgehead atoms. The van der Waals surface area contributed by atoms with E-state index in [4.69, 9.17) is 10.5 Å². The Morgan fingerprint density at radius 3 is 3.14 bits per heavy atom. The number of nitrogens with zero attached hydrogens (tertiary/aromatic N) is 1. The highest BCUT2D eigenvalue weighted by molar-refractivity contribution is 5.98. The van der Waals surface area contributed by atoms with Crippen LogP contribution in [0.3, 0.4) is 0 Å². The number of pyridine rings is 1. The SMILES string of the molecule is NC(=O)c1cnc2c(c1)NC(=O)CO2. The lowest BCUT2D eigenvalue weighted by Crippen LogP contribution is -2.26. The smallest absolute Gasteiger partial charge is 0.262 e. The van der Waals surface area contributed by atoms with E-state index in [1.807, 2.05) is 0 Å². The summed E-state index contributed by atoms with van der Waals surface area (Å²) in [4.78, 5) is 25.6. The van der Waals surface area contributed by atoms with Gasteiger partial charge in [0.15, 0.2) is 6.61 Å². The predicted octanol–water partition coefficient (Wildman–Crippen LogP) is -0.489. The van der Waals surface area contributed by atoms with Crippen molar-refractivity contribution in [1.29, 1.82) is 0 Å². The summed E-state index contributed by atoms with van der Waals surface area (Å²) in [6.45, 7) is -0.0596. The average Bonchev–Trinajstić information content (AvgIpc) is 2.16. The molecule has 1 aromatic rings. The van der Waals surface area contributed by atoms with E-state index in [2.05, 4.69) is 10.3 Å². The first kappa shape index (κ1) is 8.49. The third kappa shape index (κ3) is 1.37. The second-order valence-corrected chi connectivity index (χ2v) is 2.78. The number of nitrogens with two attached hydrogens (primary N) is 1. The number of rotatable bonds is 1. The Morgan fingerprint density at radius 1 is 1.64 bits per heavy atom. The second kappa shape index (κ2) is 2.99. The number of hydrogen-bond acceptors (Lipinski definition) is 4. The molecule has 0 spiro atoms. The molecule has 72 valence electrons. The van der Waals surface area contributed by atoms with Crippen LogP contribution in [0.1, 0.15) is 10.4 Å². The van der Waals surface area contributed by atoms with Gasteiger partial charge >= 0.3 is 0 Å². The molecule has 2 heterocycles. The summed E-state index contributed by atoms with van der Waals surface area (Å²) in [5.74, 6) is -0.573. The fourth-order valence-corrected chi connectivity index (χ4v) is 1.11. The molecule has 3 N–H and O–H groups in total. The monoisotopic (exact) mass is 193 g/mol. The van der Waals surface area contributed by atoms with E-state index < -0.39 is 5.91 Å². The first-order chi connectivity index (χ1) is 6.66. The van der Waals surface area contributed by atoms with Crippen LogP contribution in [-0.4, -0.2) is 23.4 Å². The van der Waals surface area contributed by atoms with Gasteiger partial charge in [0.25, 0.3) is 5.91 Å². The zero-order valence-electron chi connectivity index (χ0n) is 7.11. The van der Waals surface area contributed by atoms with Gasteiger partial charge in [0.05, 0.1) is 5.56 Å². The average molecular weight is 193 g/mol. The van der Waals surface area contributed by atoms with Gasteiger partial charge in [0, 0.05) is 6.20 Å². The molecule has 0 atom stereocenters. The lowest BCUT2D eigenvalue weighted by molar-refractivity contribution is -0.118. The van der Waals surface area contributed by atoms with Crippen LogP contribution in [0, 0.1) is 0 Å². The highest BCUT2D eigenvalue weighted by Gasteiger charge is 2.18. The van der Waals surface area contributed by atoms with Gasteiger partial charge in [-0.25, -0.2) is 4.98 Å².